The van der Waals surface area contributed by atoms with Crippen LogP contribution < -0.4 is 4.74 Å². The zero-order chi connectivity index (χ0) is 12.4. The molecule has 88 valence electrons. The summed E-state index contributed by atoms with van der Waals surface area (Å²) in [6.45, 7) is 1.65. The first-order chi connectivity index (χ1) is 8.08. The molecule has 1 aromatic heterocycles. The molecule has 1 heterocycles. The predicted octanol–water partition coefficient (Wildman–Crippen LogP) is 2.22. The number of nitrogens with one attached hydrogen (secondary N) is 1. The Morgan fingerprint density at radius 2 is 2.12 bits per heavy atom. The lowest BCUT2D eigenvalue weighted by atomic mass is 10.2. The lowest BCUT2D eigenvalue weighted by molar-refractivity contribution is 0.0733. The number of rotatable bonds is 2. The summed E-state index contributed by atoms with van der Waals surface area (Å²) in [5.74, 6) is -2.81. The molecule has 1 N–H and O–H groups in total. The molecular weight excluding hydrogens is 230 g/mol. The molecule has 2 aromatic rings. The van der Waals surface area contributed by atoms with Crippen molar-refractivity contribution >= 4 is 5.97 Å². The van der Waals surface area contributed by atoms with Crippen molar-refractivity contribution in [2.24, 2.45) is 0 Å². The minimum Gasteiger partial charge on any atom is -0.423 e. The van der Waals surface area contributed by atoms with Gasteiger partial charge in [0.1, 0.15) is 11.3 Å². The molecule has 1 aromatic carbocycles. The SMILES string of the molecule is Cc1[nH]ncc1C(=O)Oc1ccc(F)c(F)c1. The van der Waals surface area contributed by atoms with E-state index in [-0.39, 0.29) is 11.3 Å². The van der Waals surface area contributed by atoms with Crippen molar-refractivity contribution in [3.63, 3.8) is 0 Å². The third-order valence-corrected chi connectivity index (χ3v) is 2.15. The molecule has 4 nitrogen and oxygen atoms in total. The van der Waals surface area contributed by atoms with E-state index in [4.69, 9.17) is 4.74 Å². The number of H-pyrrole nitrogens is 1. The third kappa shape index (κ3) is 2.30. The number of benzene rings is 1. The highest BCUT2D eigenvalue weighted by Gasteiger charge is 2.14. The molecule has 0 radical (unpaired) electrons. The Bertz CT molecular complexity index is 566. The fraction of sp³-hybridized carbons (Fsp3) is 0.0909. The van der Waals surface area contributed by atoms with E-state index >= 15 is 0 Å². The molecule has 0 saturated heterocycles. The second-order valence-corrected chi connectivity index (χ2v) is 3.37. The van der Waals surface area contributed by atoms with Gasteiger partial charge >= 0.3 is 5.97 Å². The Balaban J connectivity index is 2.19. The van der Waals surface area contributed by atoms with Crippen molar-refractivity contribution in [2.75, 3.05) is 0 Å². The van der Waals surface area contributed by atoms with Crippen LogP contribution in [-0.2, 0) is 0 Å². The van der Waals surface area contributed by atoms with Crippen molar-refractivity contribution in [2.45, 2.75) is 6.92 Å². The van der Waals surface area contributed by atoms with Gasteiger partial charge in [-0.3, -0.25) is 5.10 Å². The molecule has 0 spiro atoms. The summed E-state index contributed by atoms with van der Waals surface area (Å²) in [7, 11) is 0. The molecule has 0 bridgehead atoms. The fourth-order valence-electron chi connectivity index (χ4n) is 1.26. The van der Waals surface area contributed by atoms with Crippen LogP contribution in [0.5, 0.6) is 5.75 Å². The first kappa shape index (κ1) is 11.3. The quantitative estimate of drug-likeness (QED) is 0.644. The average Bonchev–Trinajstić information content (AvgIpc) is 2.70. The van der Waals surface area contributed by atoms with Crippen molar-refractivity contribution in [3.8, 4) is 5.75 Å². The van der Waals surface area contributed by atoms with Gasteiger partial charge in [0.25, 0.3) is 0 Å². The fourth-order valence-corrected chi connectivity index (χ4v) is 1.26. The van der Waals surface area contributed by atoms with E-state index in [1.54, 1.807) is 6.92 Å². The highest BCUT2D eigenvalue weighted by Crippen LogP contribution is 2.17. The number of aromatic amines is 1. The van der Waals surface area contributed by atoms with Crippen molar-refractivity contribution < 1.29 is 18.3 Å². The molecule has 6 heteroatoms. The monoisotopic (exact) mass is 238 g/mol. The van der Waals surface area contributed by atoms with Crippen LogP contribution in [0.25, 0.3) is 0 Å². The molecule has 0 aliphatic carbocycles. The van der Waals surface area contributed by atoms with Crippen LogP contribution in [0.4, 0.5) is 8.78 Å². The summed E-state index contributed by atoms with van der Waals surface area (Å²) < 4.78 is 30.4. The average molecular weight is 238 g/mol. The van der Waals surface area contributed by atoms with E-state index < -0.39 is 17.6 Å². The second kappa shape index (κ2) is 4.32. The van der Waals surface area contributed by atoms with E-state index in [1.165, 1.54) is 12.3 Å². The number of nitrogens with zero attached hydrogens (tertiary/aromatic N) is 1. The molecule has 0 aliphatic heterocycles. The zero-order valence-electron chi connectivity index (χ0n) is 8.83. The maximum atomic E-state index is 12.9. The number of aryl methyl sites for hydroxylation is 1. The van der Waals surface area contributed by atoms with Crippen LogP contribution in [-0.4, -0.2) is 16.2 Å². The number of carbonyl (C=O) groups excluding carboxylic acids is 1. The van der Waals surface area contributed by atoms with Crippen LogP contribution in [0.3, 0.4) is 0 Å². The van der Waals surface area contributed by atoms with E-state index in [0.29, 0.717) is 5.69 Å². The van der Waals surface area contributed by atoms with Crippen molar-refractivity contribution in [1.29, 1.82) is 0 Å². The summed E-state index contributed by atoms with van der Waals surface area (Å²) in [6, 6.07) is 2.87. The highest BCUT2D eigenvalue weighted by molar-refractivity contribution is 5.91. The van der Waals surface area contributed by atoms with Crippen molar-refractivity contribution in [3.05, 3.63) is 47.3 Å². The summed E-state index contributed by atoms with van der Waals surface area (Å²) in [5.41, 5.74) is 0.785. The largest absolute Gasteiger partial charge is 0.423 e. The van der Waals surface area contributed by atoms with Crippen molar-refractivity contribution in [1.82, 2.24) is 10.2 Å². The maximum Gasteiger partial charge on any atom is 0.347 e. The van der Waals surface area contributed by atoms with Gasteiger partial charge in [-0.25, -0.2) is 13.6 Å². The van der Waals surface area contributed by atoms with Gasteiger partial charge in [-0.15, -0.1) is 0 Å². The molecule has 0 saturated carbocycles. The summed E-state index contributed by atoms with van der Waals surface area (Å²) in [6.07, 6.45) is 1.30. The van der Waals surface area contributed by atoms with Gasteiger partial charge in [-0.1, -0.05) is 0 Å². The van der Waals surface area contributed by atoms with Crippen LogP contribution in [0.1, 0.15) is 16.1 Å². The molecule has 0 unspecified atom stereocenters. The molecule has 17 heavy (non-hydrogen) atoms. The van der Waals surface area contributed by atoms with E-state index in [0.717, 1.165) is 12.1 Å². The smallest absolute Gasteiger partial charge is 0.347 e. The van der Waals surface area contributed by atoms with E-state index in [9.17, 15) is 13.6 Å². The molecular formula is C11H8F2N2O2. The first-order valence-electron chi connectivity index (χ1n) is 4.75. The van der Waals surface area contributed by atoms with Gasteiger partial charge < -0.3 is 4.74 Å². The lowest BCUT2D eigenvalue weighted by Crippen LogP contribution is -2.09. The van der Waals surface area contributed by atoms with Gasteiger partial charge in [0.2, 0.25) is 0 Å². The van der Waals surface area contributed by atoms with Gasteiger partial charge in [0, 0.05) is 11.8 Å². The number of hydrogen-bond donors (Lipinski definition) is 1. The third-order valence-electron chi connectivity index (χ3n) is 2.15. The number of aromatic nitrogens is 2. The highest BCUT2D eigenvalue weighted by atomic mass is 19.2. The summed E-state index contributed by atoms with van der Waals surface area (Å²) in [5, 5.41) is 6.23. The Labute approximate surface area is 95.2 Å². The Morgan fingerprint density at radius 1 is 1.35 bits per heavy atom. The topological polar surface area (TPSA) is 55.0 Å². The number of halogens is 2. The van der Waals surface area contributed by atoms with E-state index in [2.05, 4.69) is 10.2 Å². The molecule has 0 fully saturated rings. The number of esters is 1. The number of carbonyl (C=O) groups is 1. The minimum absolute atomic E-state index is 0.0606. The van der Waals surface area contributed by atoms with Crippen LogP contribution in [0.2, 0.25) is 0 Å². The second-order valence-electron chi connectivity index (χ2n) is 3.37. The Hall–Kier alpha value is -2.24. The number of ether oxygens (including phenoxy) is 1. The summed E-state index contributed by atoms with van der Waals surface area (Å²) in [4.78, 5) is 11.6. The van der Waals surface area contributed by atoms with Gasteiger partial charge in [-0.05, 0) is 19.1 Å². The van der Waals surface area contributed by atoms with Crippen LogP contribution in [0, 0.1) is 18.6 Å². The maximum absolute atomic E-state index is 12.9. The molecule has 0 amide bonds. The lowest BCUT2D eigenvalue weighted by Gasteiger charge is -2.03. The zero-order valence-corrected chi connectivity index (χ0v) is 8.83. The van der Waals surface area contributed by atoms with Crippen LogP contribution >= 0.6 is 0 Å². The first-order valence-corrected chi connectivity index (χ1v) is 4.75. The standard InChI is InChI=1S/C11H8F2N2O2/c1-6-8(5-14-15-6)11(16)17-7-2-3-9(12)10(13)4-7/h2-5H,1H3,(H,14,15). The number of hydrogen-bond acceptors (Lipinski definition) is 3. The molecule has 0 aliphatic rings. The molecule has 2 rings (SSSR count). The Morgan fingerprint density at radius 3 is 2.71 bits per heavy atom. The van der Waals surface area contributed by atoms with Gasteiger partial charge in [0.15, 0.2) is 11.6 Å². The van der Waals surface area contributed by atoms with E-state index in [1.807, 2.05) is 0 Å². The minimum atomic E-state index is -1.07. The van der Waals surface area contributed by atoms with Crippen LogP contribution in [0.15, 0.2) is 24.4 Å². The molecule has 0 atom stereocenters. The van der Waals surface area contributed by atoms with Gasteiger partial charge in [-0.2, -0.15) is 5.10 Å². The predicted molar refractivity (Wildman–Crippen MR) is 54.6 cm³/mol. The van der Waals surface area contributed by atoms with Gasteiger partial charge in [0.05, 0.1) is 6.20 Å². The summed E-state index contributed by atoms with van der Waals surface area (Å²) >= 11 is 0. The normalized spacial score (nSPS) is 10.3. The Kier molecular flexibility index (Phi) is 2.86.